The first-order valence-electron chi connectivity index (χ1n) is 9.06. The van der Waals surface area contributed by atoms with E-state index in [-0.39, 0.29) is 17.9 Å². The van der Waals surface area contributed by atoms with Crippen molar-refractivity contribution in [3.63, 3.8) is 0 Å². The normalized spacial score (nSPS) is 13.1. The van der Waals surface area contributed by atoms with Crippen LogP contribution in [0.2, 0.25) is 0 Å². The zero-order valence-electron chi connectivity index (χ0n) is 17.2. The summed E-state index contributed by atoms with van der Waals surface area (Å²) in [6.07, 6.45) is 0. The Morgan fingerprint density at radius 2 is 1.96 bits per heavy atom. The molecule has 0 aliphatic heterocycles. The molecule has 1 aromatic rings. The number of thiazole rings is 1. The van der Waals surface area contributed by atoms with E-state index < -0.39 is 5.41 Å². The van der Waals surface area contributed by atoms with Gasteiger partial charge in [-0.15, -0.1) is 11.3 Å². The summed E-state index contributed by atoms with van der Waals surface area (Å²) in [4.78, 5) is 33.3. The van der Waals surface area contributed by atoms with Crippen molar-refractivity contribution in [1.29, 1.82) is 0 Å². The Bertz CT molecular complexity index is 685. The van der Waals surface area contributed by atoms with Crippen molar-refractivity contribution < 1.29 is 14.3 Å². The molecule has 0 aliphatic carbocycles. The SMILES string of the molecule is CCNC(=O)C(C)(C)CNC(=NC)NC(C)c1nc(C)c(C(=O)OCC)s1. The lowest BCUT2D eigenvalue weighted by molar-refractivity contribution is -0.128. The Morgan fingerprint density at radius 1 is 1.30 bits per heavy atom. The Hall–Kier alpha value is -2.16. The summed E-state index contributed by atoms with van der Waals surface area (Å²) in [5.41, 5.74) is 0.0774. The van der Waals surface area contributed by atoms with E-state index in [1.54, 1.807) is 20.9 Å². The van der Waals surface area contributed by atoms with Crippen LogP contribution >= 0.6 is 11.3 Å². The monoisotopic (exact) mass is 397 g/mol. The first kappa shape index (κ1) is 22.9. The lowest BCUT2D eigenvalue weighted by atomic mass is 9.92. The highest BCUT2D eigenvalue weighted by atomic mass is 32.1. The average Bonchev–Trinajstić information content (AvgIpc) is 3.00. The fourth-order valence-corrected chi connectivity index (χ4v) is 3.20. The van der Waals surface area contributed by atoms with Crippen LogP contribution in [-0.2, 0) is 9.53 Å². The maximum Gasteiger partial charge on any atom is 0.350 e. The summed E-state index contributed by atoms with van der Waals surface area (Å²) in [7, 11) is 1.66. The molecule has 0 saturated carbocycles. The molecule has 0 saturated heterocycles. The molecule has 0 bridgehead atoms. The number of carbonyl (C=O) groups excluding carboxylic acids is 2. The number of ether oxygens (including phenoxy) is 1. The first-order chi connectivity index (χ1) is 12.7. The van der Waals surface area contributed by atoms with Crippen LogP contribution in [0.4, 0.5) is 0 Å². The van der Waals surface area contributed by atoms with Gasteiger partial charge in [-0.3, -0.25) is 9.79 Å². The van der Waals surface area contributed by atoms with Gasteiger partial charge in [0.15, 0.2) is 5.96 Å². The van der Waals surface area contributed by atoms with Crippen molar-refractivity contribution >= 4 is 29.2 Å². The van der Waals surface area contributed by atoms with Crippen molar-refractivity contribution in [3.8, 4) is 0 Å². The second-order valence-electron chi connectivity index (χ2n) is 6.72. The second kappa shape index (κ2) is 10.2. The Labute approximate surface area is 165 Å². The van der Waals surface area contributed by atoms with E-state index in [1.165, 1.54) is 11.3 Å². The van der Waals surface area contributed by atoms with Crippen LogP contribution in [0.15, 0.2) is 4.99 Å². The van der Waals surface area contributed by atoms with Gasteiger partial charge in [-0.25, -0.2) is 9.78 Å². The molecule has 1 atom stereocenters. The summed E-state index contributed by atoms with van der Waals surface area (Å²) in [5, 5.41) is 10.0. The van der Waals surface area contributed by atoms with Crippen LogP contribution in [-0.4, -0.2) is 49.6 Å². The van der Waals surface area contributed by atoms with Gasteiger partial charge in [-0.1, -0.05) is 0 Å². The summed E-state index contributed by atoms with van der Waals surface area (Å²) in [5.74, 6) is 0.193. The van der Waals surface area contributed by atoms with E-state index in [4.69, 9.17) is 4.74 Å². The molecule has 1 unspecified atom stereocenters. The maximum atomic E-state index is 12.1. The summed E-state index contributed by atoms with van der Waals surface area (Å²) < 4.78 is 5.06. The molecule has 0 aliphatic rings. The van der Waals surface area contributed by atoms with E-state index >= 15 is 0 Å². The predicted octanol–water partition coefficient (Wildman–Crippen LogP) is 2.02. The zero-order valence-corrected chi connectivity index (χ0v) is 18.0. The minimum absolute atomic E-state index is 0.0179. The molecular weight excluding hydrogens is 366 g/mol. The molecule has 1 rings (SSSR count). The molecule has 3 N–H and O–H groups in total. The third-order valence-electron chi connectivity index (χ3n) is 3.87. The molecule has 27 heavy (non-hydrogen) atoms. The molecule has 152 valence electrons. The number of nitrogens with zero attached hydrogens (tertiary/aromatic N) is 2. The topological polar surface area (TPSA) is 105 Å². The third-order valence-corrected chi connectivity index (χ3v) is 5.19. The molecule has 0 fully saturated rings. The molecule has 1 amide bonds. The number of hydrogen-bond acceptors (Lipinski definition) is 6. The van der Waals surface area contributed by atoms with E-state index in [2.05, 4.69) is 25.9 Å². The number of amides is 1. The minimum atomic E-state index is -0.578. The number of esters is 1. The van der Waals surface area contributed by atoms with Gasteiger partial charge in [0.25, 0.3) is 0 Å². The van der Waals surface area contributed by atoms with E-state index in [0.29, 0.717) is 36.2 Å². The van der Waals surface area contributed by atoms with Gasteiger partial charge in [-0.2, -0.15) is 0 Å². The fourth-order valence-electron chi connectivity index (χ4n) is 2.23. The molecule has 0 radical (unpaired) electrons. The predicted molar refractivity (Wildman–Crippen MR) is 108 cm³/mol. The van der Waals surface area contributed by atoms with Crippen LogP contribution in [0.3, 0.4) is 0 Å². The van der Waals surface area contributed by atoms with Crippen molar-refractivity contribution in [2.75, 3.05) is 26.7 Å². The lowest BCUT2D eigenvalue weighted by Gasteiger charge is -2.25. The summed E-state index contributed by atoms with van der Waals surface area (Å²) >= 11 is 1.31. The Kier molecular flexibility index (Phi) is 8.68. The van der Waals surface area contributed by atoms with Gasteiger partial charge < -0.3 is 20.7 Å². The number of aryl methyl sites for hydroxylation is 1. The minimum Gasteiger partial charge on any atom is -0.462 e. The first-order valence-corrected chi connectivity index (χ1v) is 9.87. The van der Waals surface area contributed by atoms with Gasteiger partial charge in [0.05, 0.1) is 23.8 Å². The second-order valence-corrected chi connectivity index (χ2v) is 7.75. The summed E-state index contributed by atoms with van der Waals surface area (Å²) in [6, 6.07) is -0.157. The highest BCUT2D eigenvalue weighted by molar-refractivity contribution is 7.13. The molecule has 1 aromatic heterocycles. The van der Waals surface area contributed by atoms with Crippen molar-refractivity contribution in [2.45, 2.75) is 47.6 Å². The standard InChI is InChI=1S/C18H31N5O3S/c1-8-20-16(25)18(5,6)10-21-17(19-7)23-12(4)14-22-11(3)13(27-14)15(24)26-9-2/h12H,8-10H2,1-7H3,(H,20,25)(H2,19,21,23). The molecule has 0 spiro atoms. The number of aromatic nitrogens is 1. The lowest BCUT2D eigenvalue weighted by Crippen LogP contribution is -2.48. The Balaban J connectivity index is 2.74. The third kappa shape index (κ3) is 6.50. The molecule has 0 aromatic carbocycles. The average molecular weight is 398 g/mol. The van der Waals surface area contributed by atoms with Gasteiger partial charge >= 0.3 is 5.97 Å². The van der Waals surface area contributed by atoms with Crippen LogP contribution in [0.5, 0.6) is 0 Å². The Morgan fingerprint density at radius 3 is 2.52 bits per heavy atom. The number of nitrogens with one attached hydrogen (secondary N) is 3. The number of guanidine groups is 1. The molecule has 8 nitrogen and oxygen atoms in total. The van der Waals surface area contributed by atoms with E-state index in [9.17, 15) is 9.59 Å². The highest BCUT2D eigenvalue weighted by Crippen LogP contribution is 2.24. The van der Waals surface area contributed by atoms with Crippen LogP contribution in [0.25, 0.3) is 0 Å². The van der Waals surface area contributed by atoms with Crippen LogP contribution in [0.1, 0.15) is 61.0 Å². The number of rotatable bonds is 8. The van der Waals surface area contributed by atoms with E-state index in [1.807, 2.05) is 27.7 Å². The smallest absolute Gasteiger partial charge is 0.350 e. The highest BCUT2D eigenvalue weighted by Gasteiger charge is 2.27. The molecule has 1 heterocycles. The maximum absolute atomic E-state index is 12.1. The van der Waals surface area contributed by atoms with Gasteiger partial charge in [0.2, 0.25) is 5.91 Å². The van der Waals surface area contributed by atoms with Gasteiger partial charge in [0.1, 0.15) is 9.88 Å². The van der Waals surface area contributed by atoms with E-state index in [0.717, 1.165) is 5.01 Å². The number of hydrogen-bond donors (Lipinski definition) is 3. The quantitative estimate of drug-likeness (QED) is 0.352. The number of carbonyl (C=O) groups is 2. The fraction of sp³-hybridized carbons (Fsp3) is 0.667. The van der Waals surface area contributed by atoms with Crippen molar-refractivity contribution in [1.82, 2.24) is 20.9 Å². The molecular formula is C18H31N5O3S. The summed E-state index contributed by atoms with van der Waals surface area (Å²) in [6.45, 7) is 12.5. The van der Waals surface area contributed by atoms with Crippen LogP contribution in [0, 0.1) is 12.3 Å². The van der Waals surface area contributed by atoms with Gasteiger partial charge in [0, 0.05) is 20.1 Å². The van der Waals surface area contributed by atoms with Crippen LogP contribution < -0.4 is 16.0 Å². The van der Waals surface area contributed by atoms with Crippen molar-refractivity contribution in [3.05, 3.63) is 15.6 Å². The van der Waals surface area contributed by atoms with Crippen molar-refractivity contribution in [2.24, 2.45) is 10.4 Å². The zero-order chi connectivity index (χ0) is 20.6. The largest absolute Gasteiger partial charge is 0.462 e. The van der Waals surface area contributed by atoms with Gasteiger partial charge in [-0.05, 0) is 41.5 Å². The number of aliphatic imine (C=N–C) groups is 1. The molecule has 9 heteroatoms.